The van der Waals surface area contributed by atoms with Gasteiger partial charge in [0.15, 0.2) is 0 Å². The summed E-state index contributed by atoms with van der Waals surface area (Å²) in [4.78, 5) is 15.0. The summed E-state index contributed by atoms with van der Waals surface area (Å²) in [5, 5.41) is 8.93. The molecule has 0 amide bonds. The van der Waals surface area contributed by atoms with Crippen LogP contribution in [0.15, 0.2) is 36.4 Å². The van der Waals surface area contributed by atoms with Gasteiger partial charge in [-0.3, -0.25) is 0 Å². The molecule has 0 aliphatic heterocycles. The van der Waals surface area contributed by atoms with Gasteiger partial charge in [0.2, 0.25) is 0 Å². The van der Waals surface area contributed by atoms with Crippen molar-refractivity contribution in [3.8, 4) is 17.0 Å². The van der Waals surface area contributed by atoms with Crippen molar-refractivity contribution in [1.82, 2.24) is 4.98 Å². The molecule has 4 heteroatoms. The summed E-state index contributed by atoms with van der Waals surface area (Å²) in [5.74, 6) is -0.256. The van der Waals surface area contributed by atoms with Crippen LogP contribution in [-0.4, -0.2) is 23.2 Å². The van der Waals surface area contributed by atoms with E-state index in [1.165, 1.54) is 6.07 Å². The molecule has 0 saturated heterocycles. The molecule has 0 atom stereocenters. The standard InChI is InChI=1S/C14H13NO3/c1-9-8-10(18-2)6-7-11(9)12-4-3-5-13(15-12)14(16)17/h3-8H,1-2H3,(H,16,17). The molecule has 0 unspecified atom stereocenters. The van der Waals surface area contributed by atoms with Gasteiger partial charge in [-0.2, -0.15) is 0 Å². The van der Waals surface area contributed by atoms with E-state index in [9.17, 15) is 4.79 Å². The SMILES string of the molecule is COc1ccc(-c2cccc(C(=O)O)n2)c(C)c1. The Morgan fingerprint density at radius 2 is 2.06 bits per heavy atom. The molecule has 92 valence electrons. The van der Waals surface area contributed by atoms with Crippen LogP contribution in [0.5, 0.6) is 5.75 Å². The number of nitrogens with zero attached hydrogens (tertiary/aromatic N) is 1. The van der Waals surface area contributed by atoms with Gasteiger partial charge in [-0.05, 0) is 42.8 Å². The minimum absolute atomic E-state index is 0.0442. The fraction of sp³-hybridized carbons (Fsp3) is 0.143. The van der Waals surface area contributed by atoms with Crippen molar-refractivity contribution in [3.05, 3.63) is 47.7 Å². The van der Waals surface area contributed by atoms with Crippen molar-refractivity contribution in [2.45, 2.75) is 6.92 Å². The smallest absolute Gasteiger partial charge is 0.354 e. The number of pyridine rings is 1. The number of carbonyl (C=O) groups is 1. The highest BCUT2D eigenvalue weighted by atomic mass is 16.5. The first kappa shape index (κ1) is 12.1. The van der Waals surface area contributed by atoms with Gasteiger partial charge in [-0.25, -0.2) is 9.78 Å². The van der Waals surface area contributed by atoms with E-state index in [1.54, 1.807) is 19.2 Å². The zero-order chi connectivity index (χ0) is 13.1. The highest BCUT2D eigenvalue weighted by Gasteiger charge is 2.08. The number of carboxylic acids is 1. The van der Waals surface area contributed by atoms with Crippen molar-refractivity contribution in [2.24, 2.45) is 0 Å². The van der Waals surface area contributed by atoms with Crippen LogP contribution in [0.1, 0.15) is 16.1 Å². The third-order valence-electron chi connectivity index (χ3n) is 2.68. The summed E-state index contributed by atoms with van der Waals surface area (Å²) in [6.45, 7) is 1.94. The number of rotatable bonds is 3. The molecular formula is C14H13NO3. The van der Waals surface area contributed by atoms with Gasteiger partial charge in [0, 0.05) is 5.56 Å². The van der Waals surface area contributed by atoms with Gasteiger partial charge < -0.3 is 9.84 Å². The van der Waals surface area contributed by atoms with Crippen LogP contribution in [-0.2, 0) is 0 Å². The molecule has 4 nitrogen and oxygen atoms in total. The molecule has 0 radical (unpaired) electrons. The van der Waals surface area contributed by atoms with Crippen molar-refractivity contribution < 1.29 is 14.6 Å². The maximum Gasteiger partial charge on any atom is 0.354 e. The minimum Gasteiger partial charge on any atom is -0.497 e. The van der Waals surface area contributed by atoms with Crippen LogP contribution in [0.25, 0.3) is 11.3 Å². The summed E-state index contributed by atoms with van der Waals surface area (Å²) in [7, 11) is 1.61. The molecule has 0 aliphatic carbocycles. The maximum atomic E-state index is 10.9. The monoisotopic (exact) mass is 243 g/mol. The normalized spacial score (nSPS) is 10.1. The van der Waals surface area contributed by atoms with E-state index in [2.05, 4.69) is 4.98 Å². The molecule has 1 heterocycles. The summed E-state index contributed by atoms with van der Waals surface area (Å²) in [5.41, 5.74) is 2.58. The number of hydrogen-bond acceptors (Lipinski definition) is 3. The van der Waals surface area contributed by atoms with E-state index in [0.29, 0.717) is 5.69 Å². The second-order valence-corrected chi connectivity index (χ2v) is 3.89. The lowest BCUT2D eigenvalue weighted by Gasteiger charge is -2.08. The van der Waals surface area contributed by atoms with Crippen LogP contribution in [0.4, 0.5) is 0 Å². The van der Waals surface area contributed by atoms with E-state index in [4.69, 9.17) is 9.84 Å². The predicted octanol–water partition coefficient (Wildman–Crippen LogP) is 2.76. The van der Waals surface area contributed by atoms with Crippen LogP contribution in [0, 0.1) is 6.92 Å². The zero-order valence-corrected chi connectivity index (χ0v) is 10.2. The average molecular weight is 243 g/mol. The fourth-order valence-corrected chi connectivity index (χ4v) is 1.75. The number of benzene rings is 1. The molecule has 2 rings (SSSR count). The summed E-state index contributed by atoms with van der Waals surface area (Å²) in [6.07, 6.45) is 0. The number of aryl methyl sites for hydroxylation is 1. The summed E-state index contributed by atoms with van der Waals surface area (Å²) < 4.78 is 5.13. The fourth-order valence-electron chi connectivity index (χ4n) is 1.75. The lowest BCUT2D eigenvalue weighted by atomic mass is 10.0. The van der Waals surface area contributed by atoms with Gasteiger partial charge in [0.25, 0.3) is 0 Å². The lowest BCUT2D eigenvalue weighted by Crippen LogP contribution is -2.01. The first-order valence-corrected chi connectivity index (χ1v) is 5.47. The molecule has 0 saturated carbocycles. The molecule has 0 spiro atoms. The molecule has 1 N–H and O–H groups in total. The van der Waals surface area contributed by atoms with Crippen LogP contribution < -0.4 is 4.74 Å². The number of methoxy groups -OCH3 is 1. The van der Waals surface area contributed by atoms with Crippen molar-refractivity contribution in [3.63, 3.8) is 0 Å². The van der Waals surface area contributed by atoms with E-state index >= 15 is 0 Å². The minimum atomic E-state index is -1.02. The third kappa shape index (κ3) is 2.32. The van der Waals surface area contributed by atoms with Gasteiger partial charge >= 0.3 is 5.97 Å². The Morgan fingerprint density at radius 1 is 1.28 bits per heavy atom. The topological polar surface area (TPSA) is 59.4 Å². The number of carboxylic acid groups (broad SMARTS) is 1. The van der Waals surface area contributed by atoms with Crippen molar-refractivity contribution in [2.75, 3.05) is 7.11 Å². The largest absolute Gasteiger partial charge is 0.497 e. The Labute approximate surface area is 105 Å². The molecular weight excluding hydrogens is 230 g/mol. The highest BCUT2D eigenvalue weighted by molar-refractivity contribution is 5.86. The summed E-state index contributed by atoms with van der Waals surface area (Å²) >= 11 is 0. The second-order valence-electron chi connectivity index (χ2n) is 3.89. The predicted molar refractivity (Wildman–Crippen MR) is 67.9 cm³/mol. The zero-order valence-electron chi connectivity index (χ0n) is 10.2. The Bertz CT molecular complexity index is 593. The van der Waals surface area contributed by atoms with Crippen LogP contribution >= 0.6 is 0 Å². The van der Waals surface area contributed by atoms with E-state index in [0.717, 1.165) is 16.9 Å². The second kappa shape index (κ2) is 4.87. The lowest BCUT2D eigenvalue weighted by molar-refractivity contribution is 0.0690. The molecule has 0 bridgehead atoms. The van der Waals surface area contributed by atoms with Gasteiger partial charge in [-0.15, -0.1) is 0 Å². The third-order valence-corrected chi connectivity index (χ3v) is 2.68. The van der Waals surface area contributed by atoms with Crippen molar-refractivity contribution in [1.29, 1.82) is 0 Å². The van der Waals surface area contributed by atoms with Gasteiger partial charge in [0.05, 0.1) is 12.8 Å². The number of aromatic carboxylic acids is 1. The number of aromatic nitrogens is 1. The van der Waals surface area contributed by atoms with Crippen molar-refractivity contribution >= 4 is 5.97 Å². The first-order valence-electron chi connectivity index (χ1n) is 5.47. The quantitative estimate of drug-likeness (QED) is 0.900. The molecule has 0 aliphatic rings. The Kier molecular flexibility index (Phi) is 3.28. The Hall–Kier alpha value is -2.36. The molecule has 0 fully saturated rings. The first-order chi connectivity index (χ1) is 8.61. The summed E-state index contributed by atoms with van der Waals surface area (Å²) in [6, 6.07) is 10.6. The molecule has 1 aromatic heterocycles. The molecule has 18 heavy (non-hydrogen) atoms. The van der Waals surface area contributed by atoms with Gasteiger partial charge in [-0.1, -0.05) is 6.07 Å². The Morgan fingerprint density at radius 3 is 2.67 bits per heavy atom. The average Bonchev–Trinajstić information content (AvgIpc) is 2.38. The van der Waals surface area contributed by atoms with E-state index < -0.39 is 5.97 Å². The number of hydrogen-bond donors (Lipinski definition) is 1. The molecule has 1 aromatic carbocycles. The highest BCUT2D eigenvalue weighted by Crippen LogP contribution is 2.25. The van der Waals surface area contributed by atoms with E-state index in [1.807, 2.05) is 25.1 Å². The van der Waals surface area contributed by atoms with Gasteiger partial charge in [0.1, 0.15) is 11.4 Å². The van der Waals surface area contributed by atoms with Crippen LogP contribution in [0.2, 0.25) is 0 Å². The number of ether oxygens (including phenoxy) is 1. The van der Waals surface area contributed by atoms with Crippen LogP contribution in [0.3, 0.4) is 0 Å². The van der Waals surface area contributed by atoms with E-state index in [-0.39, 0.29) is 5.69 Å². The maximum absolute atomic E-state index is 10.9. The Balaban J connectivity index is 2.48. The molecule has 2 aromatic rings.